The van der Waals surface area contributed by atoms with Crippen molar-refractivity contribution in [2.75, 3.05) is 6.54 Å². The summed E-state index contributed by atoms with van der Waals surface area (Å²) in [7, 11) is 0. The van der Waals surface area contributed by atoms with Gasteiger partial charge in [-0.2, -0.15) is 5.10 Å². The molecule has 0 fully saturated rings. The van der Waals surface area contributed by atoms with Gasteiger partial charge in [-0.1, -0.05) is 24.3 Å². The topological polar surface area (TPSA) is 83.6 Å². The number of nitrogens with one attached hydrogen (secondary N) is 2. The molecule has 3 aromatic rings. The van der Waals surface area contributed by atoms with E-state index in [4.69, 9.17) is 0 Å². The molecule has 0 aliphatic rings. The second-order valence-electron chi connectivity index (χ2n) is 4.33. The van der Waals surface area contributed by atoms with Crippen LogP contribution in [-0.2, 0) is 6.42 Å². The van der Waals surface area contributed by atoms with Gasteiger partial charge in [0.05, 0.1) is 5.52 Å². The number of pyridine rings is 1. The van der Waals surface area contributed by atoms with E-state index in [1.807, 2.05) is 30.3 Å². The first kappa shape index (κ1) is 12.3. The summed E-state index contributed by atoms with van der Waals surface area (Å²) in [4.78, 5) is 20.3. The predicted octanol–water partition coefficient (Wildman–Crippen LogP) is 1.33. The predicted molar refractivity (Wildman–Crippen MR) is 74.2 cm³/mol. The third-order valence-electron chi connectivity index (χ3n) is 2.94. The van der Waals surface area contributed by atoms with Gasteiger partial charge in [0, 0.05) is 18.4 Å². The fourth-order valence-corrected chi connectivity index (χ4v) is 1.93. The summed E-state index contributed by atoms with van der Waals surface area (Å²) in [6, 6.07) is 11.3. The Labute approximate surface area is 115 Å². The summed E-state index contributed by atoms with van der Waals surface area (Å²) in [6.45, 7) is 0.489. The number of carbonyl (C=O) groups excluding carboxylic acids is 1. The molecule has 0 unspecified atom stereocenters. The maximum atomic E-state index is 12.0. The lowest BCUT2D eigenvalue weighted by atomic mass is 10.2. The molecule has 0 saturated carbocycles. The minimum absolute atomic E-state index is 0.185. The minimum atomic E-state index is -0.185. The van der Waals surface area contributed by atoms with Crippen molar-refractivity contribution in [2.24, 2.45) is 0 Å². The molecular formula is C14H13N5O. The smallest absolute Gasteiger partial charge is 0.269 e. The molecular weight excluding hydrogens is 254 g/mol. The first-order chi connectivity index (χ1) is 9.83. The van der Waals surface area contributed by atoms with Gasteiger partial charge in [0.25, 0.3) is 5.91 Å². The molecule has 20 heavy (non-hydrogen) atoms. The fraction of sp³-hybridized carbons (Fsp3) is 0.143. The van der Waals surface area contributed by atoms with Crippen LogP contribution in [0.4, 0.5) is 0 Å². The molecule has 0 atom stereocenters. The van der Waals surface area contributed by atoms with Gasteiger partial charge in [-0.3, -0.25) is 9.89 Å². The zero-order chi connectivity index (χ0) is 13.8. The van der Waals surface area contributed by atoms with Crippen LogP contribution in [0.15, 0.2) is 42.7 Å². The number of para-hydroxylation sites is 1. The van der Waals surface area contributed by atoms with Gasteiger partial charge in [-0.05, 0) is 12.1 Å². The number of hydrogen-bond acceptors (Lipinski definition) is 4. The van der Waals surface area contributed by atoms with Crippen LogP contribution in [0, 0.1) is 0 Å². The first-order valence-electron chi connectivity index (χ1n) is 6.31. The van der Waals surface area contributed by atoms with E-state index in [2.05, 4.69) is 25.5 Å². The highest BCUT2D eigenvalue weighted by Gasteiger charge is 2.07. The van der Waals surface area contributed by atoms with Crippen LogP contribution < -0.4 is 5.32 Å². The van der Waals surface area contributed by atoms with Crippen molar-refractivity contribution in [3.63, 3.8) is 0 Å². The van der Waals surface area contributed by atoms with Crippen LogP contribution in [0.2, 0.25) is 0 Å². The molecule has 100 valence electrons. The highest BCUT2D eigenvalue weighted by Crippen LogP contribution is 2.11. The van der Waals surface area contributed by atoms with E-state index in [1.54, 1.807) is 6.07 Å². The molecule has 6 nitrogen and oxygen atoms in total. The van der Waals surface area contributed by atoms with Gasteiger partial charge in [-0.15, -0.1) is 0 Å². The lowest BCUT2D eigenvalue weighted by molar-refractivity contribution is 0.0949. The molecule has 0 aliphatic carbocycles. The first-order valence-corrected chi connectivity index (χ1v) is 6.31. The van der Waals surface area contributed by atoms with E-state index in [-0.39, 0.29) is 5.91 Å². The third-order valence-corrected chi connectivity index (χ3v) is 2.94. The molecule has 3 rings (SSSR count). The summed E-state index contributed by atoms with van der Waals surface area (Å²) in [5.41, 5.74) is 1.23. The van der Waals surface area contributed by atoms with Crippen molar-refractivity contribution in [2.45, 2.75) is 6.42 Å². The molecule has 0 radical (unpaired) electrons. The summed E-state index contributed by atoms with van der Waals surface area (Å²) in [5, 5.41) is 10.3. The number of aromatic amines is 1. The van der Waals surface area contributed by atoms with Crippen molar-refractivity contribution < 1.29 is 4.79 Å². The second-order valence-corrected chi connectivity index (χ2v) is 4.33. The fourth-order valence-electron chi connectivity index (χ4n) is 1.93. The standard InChI is InChI=1S/C14H13N5O/c20-14(15-8-7-13-16-9-17-19-13)12-6-5-10-3-1-2-4-11(10)18-12/h1-6,9H,7-8H2,(H,15,20)(H,16,17,19). The molecule has 0 bridgehead atoms. The summed E-state index contributed by atoms with van der Waals surface area (Å²) >= 11 is 0. The SMILES string of the molecule is O=C(NCCc1ncn[nH]1)c1ccc2ccccc2n1. The molecule has 0 aliphatic heterocycles. The van der Waals surface area contributed by atoms with Crippen LogP contribution in [0.1, 0.15) is 16.3 Å². The van der Waals surface area contributed by atoms with Crippen LogP contribution in [0.25, 0.3) is 10.9 Å². The summed E-state index contributed by atoms with van der Waals surface area (Å²) in [5.74, 6) is 0.562. The molecule has 1 amide bonds. The Morgan fingerprint density at radius 2 is 2.10 bits per heavy atom. The number of rotatable bonds is 4. The Morgan fingerprint density at radius 1 is 1.20 bits per heavy atom. The number of amides is 1. The molecule has 2 N–H and O–H groups in total. The zero-order valence-corrected chi connectivity index (χ0v) is 10.7. The molecule has 0 saturated heterocycles. The van der Waals surface area contributed by atoms with Crippen molar-refractivity contribution in [3.05, 3.63) is 54.2 Å². The molecule has 0 spiro atoms. The highest BCUT2D eigenvalue weighted by atomic mass is 16.1. The van der Waals surface area contributed by atoms with E-state index in [0.29, 0.717) is 18.7 Å². The molecule has 2 heterocycles. The van der Waals surface area contributed by atoms with E-state index in [1.165, 1.54) is 6.33 Å². The lowest BCUT2D eigenvalue weighted by Gasteiger charge is -2.04. The van der Waals surface area contributed by atoms with Crippen molar-refractivity contribution in [1.29, 1.82) is 0 Å². The van der Waals surface area contributed by atoms with E-state index < -0.39 is 0 Å². The van der Waals surface area contributed by atoms with Gasteiger partial charge >= 0.3 is 0 Å². The molecule has 6 heteroatoms. The maximum Gasteiger partial charge on any atom is 0.269 e. The maximum absolute atomic E-state index is 12.0. The largest absolute Gasteiger partial charge is 0.350 e. The van der Waals surface area contributed by atoms with Crippen LogP contribution in [0.5, 0.6) is 0 Å². The van der Waals surface area contributed by atoms with Gasteiger partial charge in [0.2, 0.25) is 0 Å². The Balaban J connectivity index is 1.66. The highest BCUT2D eigenvalue weighted by molar-refractivity contribution is 5.94. The summed E-state index contributed by atoms with van der Waals surface area (Å²) < 4.78 is 0. The van der Waals surface area contributed by atoms with Crippen LogP contribution >= 0.6 is 0 Å². The lowest BCUT2D eigenvalue weighted by Crippen LogP contribution is -2.26. The average Bonchev–Trinajstić information content (AvgIpc) is 3.00. The normalized spacial score (nSPS) is 10.6. The van der Waals surface area contributed by atoms with Crippen molar-refractivity contribution in [3.8, 4) is 0 Å². The van der Waals surface area contributed by atoms with Gasteiger partial charge in [0.15, 0.2) is 0 Å². The number of H-pyrrole nitrogens is 1. The second kappa shape index (κ2) is 5.48. The zero-order valence-electron chi connectivity index (χ0n) is 10.7. The van der Waals surface area contributed by atoms with Crippen molar-refractivity contribution >= 4 is 16.8 Å². The molecule has 2 aromatic heterocycles. The van der Waals surface area contributed by atoms with Crippen molar-refractivity contribution in [1.82, 2.24) is 25.5 Å². The minimum Gasteiger partial charge on any atom is -0.350 e. The van der Waals surface area contributed by atoms with E-state index >= 15 is 0 Å². The van der Waals surface area contributed by atoms with Crippen LogP contribution in [-0.4, -0.2) is 32.6 Å². The number of aromatic nitrogens is 4. The van der Waals surface area contributed by atoms with E-state index in [9.17, 15) is 4.79 Å². The average molecular weight is 267 g/mol. The number of hydrogen-bond donors (Lipinski definition) is 2. The number of benzene rings is 1. The van der Waals surface area contributed by atoms with E-state index in [0.717, 1.165) is 16.7 Å². The van der Waals surface area contributed by atoms with Gasteiger partial charge in [0.1, 0.15) is 17.8 Å². The number of nitrogens with zero attached hydrogens (tertiary/aromatic N) is 3. The Kier molecular flexibility index (Phi) is 3.36. The van der Waals surface area contributed by atoms with Gasteiger partial charge in [-0.25, -0.2) is 9.97 Å². The third kappa shape index (κ3) is 2.64. The Morgan fingerprint density at radius 3 is 2.95 bits per heavy atom. The quantitative estimate of drug-likeness (QED) is 0.747. The Bertz CT molecular complexity index is 723. The summed E-state index contributed by atoms with van der Waals surface area (Å²) in [6.07, 6.45) is 2.06. The Hall–Kier alpha value is -2.76. The number of carbonyl (C=O) groups is 1. The number of fused-ring (bicyclic) bond motifs is 1. The van der Waals surface area contributed by atoms with Crippen LogP contribution in [0.3, 0.4) is 0 Å². The van der Waals surface area contributed by atoms with Gasteiger partial charge < -0.3 is 5.32 Å². The monoisotopic (exact) mass is 267 g/mol. The molecule has 1 aromatic carbocycles.